The van der Waals surface area contributed by atoms with Gasteiger partial charge in [-0.2, -0.15) is 0 Å². The molecule has 0 aliphatic carbocycles. The van der Waals surface area contributed by atoms with Gasteiger partial charge in [0.05, 0.1) is 11.2 Å². The molecule has 1 aromatic heterocycles. The molecule has 0 amide bonds. The van der Waals surface area contributed by atoms with E-state index in [1.807, 2.05) is 0 Å². The fourth-order valence-corrected chi connectivity index (χ4v) is 2.46. The number of fused-ring (bicyclic) bond motifs is 1. The average molecular weight is 294 g/mol. The van der Waals surface area contributed by atoms with Gasteiger partial charge in [0.1, 0.15) is 17.2 Å². The zero-order valence-electron chi connectivity index (χ0n) is 10.4. The number of aromatic nitrogens is 2. The van der Waals surface area contributed by atoms with Crippen molar-refractivity contribution >= 4 is 23.3 Å². The van der Waals surface area contributed by atoms with Crippen molar-refractivity contribution in [3.05, 3.63) is 58.1 Å². The van der Waals surface area contributed by atoms with Gasteiger partial charge in [0.15, 0.2) is 10.6 Å². The van der Waals surface area contributed by atoms with Crippen LogP contribution in [0.15, 0.2) is 30.3 Å². The monoisotopic (exact) mass is 294 g/mol. The topological polar surface area (TPSA) is 20.7 Å². The Morgan fingerprint density at radius 1 is 1.05 bits per heavy atom. The predicted molar refractivity (Wildman–Crippen MR) is 73.1 cm³/mol. The summed E-state index contributed by atoms with van der Waals surface area (Å²) in [5.74, 6) is -2.03. The number of aryl methyl sites for hydroxylation is 1. The SMILES string of the molecule is Cc1ccc(F)c(-n2c(=S)[nH]c3c(F)cc(F)cc32)c1. The van der Waals surface area contributed by atoms with Crippen molar-refractivity contribution in [2.75, 3.05) is 0 Å². The van der Waals surface area contributed by atoms with Crippen LogP contribution >= 0.6 is 12.2 Å². The Morgan fingerprint density at radius 3 is 2.55 bits per heavy atom. The van der Waals surface area contributed by atoms with Gasteiger partial charge in [-0.1, -0.05) is 6.07 Å². The van der Waals surface area contributed by atoms with E-state index in [4.69, 9.17) is 12.2 Å². The third kappa shape index (κ3) is 1.92. The van der Waals surface area contributed by atoms with E-state index in [1.54, 1.807) is 19.1 Å². The summed E-state index contributed by atoms with van der Waals surface area (Å²) in [6.07, 6.45) is 0. The molecule has 0 saturated heterocycles. The molecular weight excluding hydrogens is 285 g/mol. The normalized spacial score (nSPS) is 11.2. The summed E-state index contributed by atoms with van der Waals surface area (Å²) in [5, 5.41) is 0. The molecule has 0 saturated carbocycles. The summed E-state index contributed by atoms with van der Waals surface area (Å²) in [6, 6.07) is 6.34. The highest BCUT2D eigenvalue weighted by Crippen LogP contribution is 2.25. The lowest BCUT2D eigenvalue weighted by Crippen LogP contribution is -1.99. The van der Waals surface area contributed by atoms with Crippen molar-refractivity contribution in [3.63, 3.8) is 0 Å². The largest absolute Gasteiger partial charge is 0.328 e. The lowest BCUT2D eigenvalue weighted by molar-refractivity contribution is 0.590. The number of nitrogens with one attached hydrogen (secondary N) is 1. The van der Waals surface area contributed by atoms with Crippen LogP contribution in [0.25, 0.3) is 16.7 Å². The molecule has 1 heterocycles. The minimum absolute atomic E-state index is 0.0531. The van der Waals surface area contributed by atoms with Crippen LogP contribution in [-0.2, 0) is 0 Å². The van der Waals surface area contributed by atoms with E-state index in [9.17, 15) is 13.2 Å². The molecule has 0 unspecified atom stereocenters. The third-order valence-electron chi connectivity index (χ3n) is 3.05. The van der Waals surface area contributed by atoms with Crippen molar-refractivity contribution < 1.29 is 13.2 Å². The van der Waals surface area contributed by atoms with Crippen molar-refractivity contribution in [2.45, 2.75) is 6.92 Å². The summed E-state index contributed by atoms with van der Waals surface area (Å²) >= 11 is 5.09. The highest BCUT2D eigenvalue weighted by molar-refractivity contribution is 7.71. The summed E-state index contributed by atoms with van der Waals surface area (Å²) < 4.78 is 42.5. The molecule has 20 heavy (non-hydrogen) atoms. The highest BCUT2D eigenvalue weighted by atomic mass is 32.1. The van der Waals surface area contributed by atoms with Crippen LogP contribution in [0, 0.1) is 29.1 Å². The standard InChI is InChI=1S/C14H9F3N2S/c1-7-2-3-9(16)11(4-7)19-12-6-8(15)5-10(17)13(12)18-14(19)20/h2-6H,1H3,(H,18,20). The maximum atomic E-state index is 14.0. The van der Waals surface area contributed by atoms with Crippen molar-refractivity contribution in [2.24, 2.45) is 0 Å². The minimum Gasteiger partial charge on any atom is -0.328 e. The van der Waals surface area contributed by atoms with E-state index in [-0.39, 0.29) is 21.5 Å². The Labute approximate surface area is 117 Å². The molecule has 3 aromatic rings. The summed E-state index contributed by atoms with van der Waals surface area (Å²) in [6.45, 7) is 1.79. The van der Waals surface area contributed by atoms with Crippen LogP contribution in [0.2, 0.25) is 0 Å². The van der Waals surface area contributed by atoms with Gasteiger partial charge in [-0.3, -0.25) is 4.57 Å². The molecule has 2 aromatic carbocycles. The molecule has 0 aliphatic rings. The smallest absolute Gasteiger partial charge is 0.182 e. The van der Waals surface area contributed by atoms with E-state index in [1.165, 1.54) is 10.6 Å². The third-order valence-corrected chi connectivity index (χ3v) is 3.34. The van der Waals surface area contributed by atoms with Crippen LogP contribution in [0.5, 0.6) is 0 Å². The molecule has 6 heteroatoms. The van der Waals surface area contributed by atoms with Gasteiger partial charge in [0, 0.05) is 12.1 Å². The first-order chi connectivity index (χ1) is 9.47. The average Bonchev–Trinajstić information content (AvgIpc) is 2.69. The molecule has 0 atom stereocenters. The number of imidazole rings is 1. The molecular formula is C14H9F3N2S. The van der Waals surface area contributed by atoms with E-state index in [0.29, 0.717) is 0 Å². The van der Waals surface area contributed by atoms with Crippen molar-refractivity contribution in [1.29, 1.82) is 0 Å². The van der Waals surface area contributed by atoms with Gasteiger partial charge in [0.2, 0.25) is 0 Å². The lowest BCUT2D eigenvalue weighted by Gasteiger charge is -2.07. The number of hydrogen-bond donors (Lipinski definition) is 1. The fourth-order valence-electron chi connectivity index (χ4n) is 2.17. The zero-order valence-corrected chi connectivity index (χ0v) is 11.2. The predicted octanol–water partition coefficient (Wildman–Crippen LogP) is 4.41. The first-order valence-electron chi connectivity index (χ1n) is 5.83. The number of aromatic amines is 1. The zero-order chi connectivity index (χ0) is 14.4. The van der Waals surface area contributed by atoms with Crippen LogP contribution in [0.1, 0.15) is 5.56 Å². The van der Waals surface area contributed by atoms with Crippen molar-refractivity contribution in [1.82, 2.24) is 9.55 Å². The lowest BCUT2D eigenvalue weighted by atomic mass is 10.2. The maximum Gasteiger partial charge on any atom is 0.182 e. The van der Waals surface area contributed by atoms with E-state index in [2.05, 4.69) is 4.98 Å². The second-order valence-corrected chi connectivity index (χ2v) is 4.89. The van der Waals surface area contributed by atoms with Crippen molar-refractivity contribution in [3.8, 4) is 5.69 Å². The number of hydrogen-bond acceptors (Lipinski definition) is 1. The Balaban J connectivity index is 2.45. The summed E-state index contributed by atoms with van der Waals surface area (Å²) in [5.41, 5.74) is 1.19. The second-order valence-electron chi connectivity index (χ2n) is 4.50. The molecule has 2 nitrogen and oxygen atoms in total. The molecule has 0 aliphatic heterocycles. The highest BCUT2D eigenvalue weighted by Gasteiger charge is 2.14. The van der Waals surface area contributed by atoms with Crippen LogP contribution in [-0.4, -0.2) is 9.55 Å². The Bertz CT molecular complexity index is 880. The van der Waals surface area contributed by atoms with E-state index >= 15 is 0 Å². The van der Waals surface area contributed by atoms with E-state index in [0.717, 1.165) is 17.7 Å². The number of nitrogens with zero attached hydrogens (tertiary/aromatic N) is 1. The van der Waals surface area contributed by atoms with Gasteiger partial charge >= 0.3 is 0 Å². The van der Waals surface area contributed by atoms with Gasteiger partial charge in [-0.25, -0.2) is 13.2 Å². The first-order valence-corrected chi connectivity index (χ1v) is 6.24. The Kier molecular flexibility index (Phi) is 2.90. The van der Waals surface area contributed by atoms with Crippen LogP contribution in [0.4, 0.5) is 13.2 Å². The molecule has 0 spiro atoms. The summed E-state index contributed by atoms with van der Waals surface area (Å²) in [7, 11) is 0. The second kappa shape index (κ2) is 4.49. The molecule has 3 rings (SSSR count). The molecule has 102 valence electrons. The molecule has 0 fully saturated rings. The minimum atomic E-state index is -0.766. The number of benzene rings is 2. The number of H-pyrrole nitrogens is 1. The Morgan fingerprint density at radius 2 is 1.80 bits per heavy atom. The van der Waals surface area contributed by atoms with Crippen LogP contribution < -0.4 is 0 Å². The quantitative estimate of drug-likeness (QED) is 0.659. The molecule has 0 bridgehead atoms. The first kappa shape index (κ1) is 12.9. The summed E-state index contributed by atoms with van der Waals surface area (Å²) in [4.78, 5) is 2.64. The number of halogens is 3. The Hall–Kier alpha value is -2.08. The van der Waals surface area contributed by atoms with Gasteiger partial charge in [-0.15, -0.1) is 0 Å². The van der Waals surface area contributed by atoms with Gasteiger partial charge < -0.3 is 4.98 Å². The fraction of sp³-hybridized carbons (Fsp3) is 0.0714. The van der Waals surface area contributed by atoms with E-state index < -0.39 is 17.5 Å². The molecule has 1 N–H and O–H groups in total. The molecule has 0 radical (unpaired) electrons. The number of rotatable bonds is 1. The van der Waals surface area contributed by atoms with Gasteiger partial charge in [0.25, 0.3) is 0 Å². The van der Waals surface area contributed by atoms with Crippen LogP contribution in [0.3, 0.4) is 0 Å². The van der Waals surface area contributed by atoms with Gasteiger partial charge in [-0.05, 0) is 36.8 Å². The maximum absolute atomic E-state index is 14.0.